The summed E-state index contributed by atoms with van der Waals surface area (Å²) in [6.07, 6.45) is 2.39. The zero-order chi connectivity index (χ0) is 11.5. The first-order valence-electron chi connectivity index (χ1n) is 5.44. The van der Waals surface area contributed by atoms with Crippen LogP contribution in [0.25, 0.3) is 0 Å². The average Bonchev–Trinajstić information content (AvgIpc) is 2.21. The van der Waals surface area contributed by atoms with Gasteiger partial charge < -0.3 is 10.2 Å². The molecule has 0 spiro atoms. The highest BCUT2D eigenvalue weighted by molar-refractivity contribution is 7.90. The van der Waals surface area contributed by atoms with Crippen molar-refractivity contribution in [3.8, 4) is 0 Å². The van der Waals surface area contributed by atoms with Crippen molar-refractivity contribution in [2.75, 3.05) is 38.2 Å². The van der Waals surface area contributed by atoms with Gasteiger partial charge in [0, 0.05) is 24.9 Å². The fraction of sp³-hybridized carbons (Fsp3) is 1.00. The number of hydrogen-bond donors (Lipinski definition) is 1. The lowest BCUT2D eigenvalue weighted by Gasteiger charge is -2.29. The fourth-order valence-electron chi connectivity index (χ4n) is 1.91. The lowest BCUT2D eigenvalue weighted by Crippen LogP contribution is -2.47. The zero-order valence-electron chi connectivity index (χ0n) is 9.91. The van der Waals surface area contributed by atoms with Crippen LogP contribution < -0.4 is 5.32 Å². The van der Waals surface area contributed by atoms with Crippen molar-refractivity contribution in [2.24, 2.45) is 0 Å². The number of sulfone groups is 1. The molecule has 1 fully saturated rings. The van der Waals surface area contributed by atoms with Gasteiger partial charge in [-0.15, -0.1) is 0 Å². The van der Waals surface area contributed by atoms with Gasteiger partial charge in [0.15, 0.2) is 0 Å². The van der Waals surface area contributed by atoms with Gasteiger partial charge in [0.25, 0.3) is 0 Å². The highest BCUT2D eigenvalue weighted by atomic mass is 32.2. The monoisotopic (exact) mass is 234 g/mol. The molecule has 90 valence electrons. The Labute approximate surface area is 93.0 Å². The quantitative estimate of drug-likeness (QED) is 0.753. The van der Waals surface area contributed by atoms with Gasteiger partial charge in [0.1, 0.15) is 9.84 Å². The van der Waals surface area contributed by atoms with Gasteiger partial charge in [-0.2, -0.15) is 0 Å². The van der Waals surface area contributed by atoms with Crippen molar-refractivity contribution >= 4 is 9.84 Å². The summed E-state index contributed by atoms with van der Waals surface area (Å²) >= 11 is 0. The molecule has 4 nitrogen and oxygen atoms in total. The van der Waals surface area contributed by atoms with Crippen LogP contribution in [0.3, 0.4) is 0 Å². The minimum atomic E-state index is -2.83. The van der Waals surface area contributed by atoms with E-state index >= 15 is 0 Å². The summed E-state index contributed by atoms with van der Waals surface area (Å²) in [5.74, 6) is 0.267. The molecule has 1 aliphatic rings. The third-order valence-electron chi connectivity index (χ3n) is 2.65. The smallest absolute Gasteiger partial charge is 0.148 e. The van der Waals surface area contributed by atoms with E-state index in [1.165, 1.54) is 6.26 Å². The Bertz CT molecular complexity index is 299. The number of hydrogen-bond acceptors (Lipinski definition) is 4. The molecule has 1 N–H and O–H groups in total. The van der Waals surface area contributed by atoms with Crippen LogP contribution in [0.1, 0.15) is 20.3 Å². The Hall–Kier alpha value is -0.130. The van der Waals surface area contributed by atoms with Crippen molar-refractivity contribution < 1.29 is 8.42 Å². The number of nitrogens with one attached hydrogen (secondary N) is 1. The van der Waals surface area contributed by atoms with E-state index in [9.17, 15) is 8.42 Å². The van der Waals surface area contributed by atoms with E-state index in [4.69, 9.17) is 0 Å². The zero-order valence-corrected chi connectivity index (χ0v) is 10.7. The maximum absolute atomic E-state index is 11.1. The van der Waals surface area contributed by atoms with Crippen LogP contribution in [0.4, 0.5) is 0 Å². The largest absolute Gasteiger partial charge is 0.310 e. The SMILES string of the molecule is CC1(C)CN(CCS(C)(=O)=O)CCCN1. The Morgan fingerprint density at radius 3 is 2.67 bits per heavy atom. The molecule has 0 radical (unpaired) electrons. The van der Waals surface area contributed by atoms with Crippen LogP contribution in [0.15, 0.2) is 0 Å². The van der Waals surface area contributed by atoms with E-state index in [0.717, 1.165) is 26.1 Å². The predicted molar refractivity (Wildman–Crippen MR) is 62.8 cm³/mol. The van der Waals surface area contributed by atoms with E-state index in [2.05, 4.69) is 24.1 Å². The van der Waals surface area contributed by atoms with Gasteiger partial charge in [-0.1, -0.05) is 0 Å². The maximum atomic E-state index is 11.1. The molecular weight excluding hydrogens is 212 g/mol. The van der Waals surface area contributed by atoms with Gasteiger partial charge in [-0.3, -0.25) is 0 Å². The second-order valence-electron chi connectivity index (χ2n) is 5.07. The van der Waals surface area contributed by atoms with Gasteiger partial charge in [-0.05, 0) is 33.4 Å². The maximum Gasteiger partial charge on any atom is 0.148 e. The molecule has 1 saturated heterocycles. The third kappa shape index (κ3) is 5.49. The summed E-state index contributed by atoms with van der Waals surface area (Å²) in [7, 11) is -2.83. The van der Waals surface area contributed by atoms with Crippen LogP contribution in [-0.2, 0) is 9.84 Å². The summed E-state index contributed by atoms with van der Waals surface area (Å²) in [5.41, 5.74) is 0.0913. The third-order valence-corrected chi connectivity index (χ3v) is 3.58. The first kappa shape index (κ1) is 12.9. The summed E-state index contributed by atoms with van der Waals surface area (Å²) < 4.78 is 22.2. The van der Waals surface area contributed by atoms with Crippen LogP contribution in [-0.4, -0.2) is 57.0 Å². The molecule has 0 bridgehead atoms. The first-order valence-corrected chi connectivity index (χ1v) is 7.50. The molecular formula is C10H22N2O2S. The number of nitrogens with zero attached hydrogens (tertiary/aromatic N) is 1. The molecule has 15 heavy (non-hydrogen) atoms. The molecule has 0 aromatic carbocycles. The van der Waals surface area contributed by atoms with E-state index in [0.29, 0.717) is 6.54 Å². The molecule has 1 heterocycles. The van der Waals surface area contributed by atoms with Crippen molar-refractivity contribution in [1.82, 2.24) is 10.2 Å². The molecule has 0 aromatic heterocycles. The number of rotatable bonds is 3. The van der Waals surface area contributed by atoms with Crippen molar-refractivity contribution in [3.05, 3.63) is 0 Å². The van der Waals surface area contributed by atoms with Crippen molar-refractivity contribution in [1.29, 1.82) is 0 Å². The fourth-order valence-corrected chi connectivity index (χ4v) is 2.50. The second kappa shape index (κ2) is 4.80. The van der Waals surface area contributed by atoms with Crippen LogP contribution in [0, 0.1) is 0 Å². The van der Waals surface area contributed by atoms with E-state index in [1.54, 1.807) is 0 Å². The Morgan fingerprint density at radius 1 is 1.40 bits per heavy atom. The molecule has 0 aliphatic carbocycles. The molecule has 0 amide bonds. The van der Waals surface area contributed by atoms with Crippen LogP contribution in [0.2, 0.25) is 0 Å². The van der Waals surface area contributed by atoms with Gasteiger partial charge >= 0.3 is 0 Å². The minimum Gasteiger partial charge on any atom is -0.310 e. The van der Waals surface area contributed by atoms with E-state index in [-0.39, 0.29) is 11.3 Å². The molecule has 0 atom stereocenters. The molecule has 0 unspecified atom stereocenters. The Balaban J connectivity index is 2.47. The summed E-state index contributed by atoms with van der Waals surface area (Å²) in [4.78, 5) is 2.24. The van der Waals surface area contributed by atoms with E-state index < -0.39 is 9.84 Å². The van der Waals surface area contributed by atoms with Crippen LogP contribution in [0.5, 0.6) is 0 Å². The molecule has 1 aliphatic heterocycles. The molecule has 0 saturated carbocycles. The predicted octanol–water partition coefficient (Wildman–Crippen LogP) is 0.105. The van der Waals surface area contributed by atoms with E-state index in [1.807, 2.05) is 0 Å². The lowest BCUT2D eigenvalue weighted by atomic mass is 10.1. The first-order chi connectivity index (χ1) is 6.79. The topological polar surface area (TPSA) is 49.4 Å². The van der Waals surface area contributed by atoms with Gasteiger partial charge in [0.05, 0.1) is 5.75 Å². The summed E-state index contributed by atoms with van der Waals surface area (Å²) in [5, 5.41) is 3.46. The second-order valence-corrected chi connectivity index (χ2v) is 7.33. The highest BCUT2D eigenvalue weighted by Gasteiger charge is 2.24. The summed E-state index contributed by atoms with van der Waals surface area (Å²) in [6, 6.07) is 0. The lowest BCUT2D eigenvalue weighted by molar-refractivity contribution is 0.242. The Morgan fingerprint density at radius 2 is 2.07 bits per heavy atom. The van der Waals surface area contributed by atoms with Gasteiger partial charge in [-0.25, -0.2) is 8.42 Å². The molecule has 5 heteroatoms. The van der Waals surface area contributed by atoms with Gasteiger partial charge in [0.2, 0.25) is 0 Å². The Kier molecular flexibility index (Phi) is 4.14. The average molecular weight is 234 g/mol. The standard InChI is InChI=1S/C10H22N2O2S/c1-10(2)9-12(6-4-5-11-10)7-8-15(3,13)14/h11H,4-9H2,1-3H3. The van der Waals surface area contributed by atoms with Crippen molar-refractivity contribution in [3.63, 3.8) is 0 Å². The van der Waals surface area contributed by atoms with Crippen molar-refractivity contribution in [2.45, 2.75) is 25.8 Å². The highest BCUT2D eigenvalue weighted by Crippen LogP contribution is 2.10. The minimum absolute atomic E-state index is 0.0913. The van der Waals surface area contributed by atoms with Crippen LogP contribution >= 0.6 is 0 Å². The summed E-state index contributed by atoms with van der Waals surface area (Å²) in [6.45, 7) is 7.90. The normalized spacial score (nSPS) is 23.7. The molecule has 0 aromatic rings. The molecule has 1 rings (SSSR count).